The van der Waals surface area contributed by atoms with E-state index in [0.717, 1.165) is 12.3 Å². The summed E-state index contributed by atoms with van der Waals surface area (Å²) in [6.45, 7) is 5.46. The number of rotatable bonds is 5. The van der Waals surface area contributed by atoms with E-state index in [4.69, 9.17) is 4.74 Å². The number of carbonyl (C=O) groups excluding carboxylic acids is 2. The number of Topliss-reactive ketones (excluding diaryl/α,β-unsaturated/α-hetero) is 1. The second-order valence-corrected chi connectivity index (χ2v) is 5.38. The minimum atomic E-state index is -0.521. The molecule has 0 saturated heterocycles. The minimum absolute atomic E-state index is 0.0813. The number of amides is 1. The Bertz CT molecular complexity index is 264. The van der Waals surface area contributed by atoms with Crippen LogP contribution in [0.5, 0.6) is 0 Å². The minimum Gasteiger partial charge on any atom is -0.444 e. The van der Waals surface area contributed by atoms with Gasteiger partial charge in [0.25, 0.3) is 0 Å². The largest absolute Gasteiger partial charge is 0.444 e. The molecular weight excluding hydrogens is 206 g/mol. The van der Waals surface area contributed by atoms with Gasteiger partial charge in [-0.1, -0.05) is 12.8 Å². The number of alkyl carbamates (subject to hydrolysis) is 1. The lowest BCUT2D eigenvalue weighted by atomic mass is 10.1. The molecule has 0 aromatic carbocycles. The molecule has 0 bridgehead atoms. The van der Waals surface area contributed by atoms with Crippen LogP contribution in [0.1, 0.15) is 46.5 Å². The molecule has 0 aromatic heterocycles. The fraction of sp³-hybridized carbons (Fsp3) is 0.833. The van der Waals surface area contributed by atoms with Gasteiger partial charge >= 0.3 is 6.09 Å². The van der Waals surface area contributed by atoms with E-state index in [1.807, 2.05) is 0 Å². The monoisotopic (exact) mass is 227 g/mol. The standard InChI is InChI=1S/C12H21NO3/c1-12(2,3)16-11(15)13-8-10(14)7-6-9-4-5-9/h9H,4-8H2,1-3H3,(H,13,15). The van der Waals surface area contributed by atoms with Crippen LogP contribution in [0, 0.1) is 5.92 Å². The van der Waals surface area contributed by atoms with Gasteiger partial charge in [0.15, 0.2) is 5.78 Å². The highest BCUT2D eigenvalue weighted by Crippen LogP contribution is 2.33. The average molecular weight is 227 g/mol. The molecule has 4 heteroatoms. The molecule has 1 saturated carbocycles. The van der Waals surface area contributed by atoms with Gasteiger partial charge in [-0.05, 0) is 33.1 Å². The Morgan fingerprint density at radius 3 is 2.44 bits per heavy atom. The molecule has 92 valence electrons. The Morgan fingerprint density at radius 2 is 1.94 bits per heavy atom. The molecule has 0 aliphatic heterocycles. The number of ether oxygens (including phenoxy) is 1. The SMILES string of the molecule is CC(C)(C)OC(=O)NCC(=O)CCC1CC1. The predicted octanol–water partition coefficient (Wildman–Crippen LogP) is 2.27. The summed E-state index contributed by atoms with van der Waals surface area (Å²) in [6.07, 6.45) is 3.53. The van der Waals surface area contributed by atoms with Crippen LogP contribution < -0.4 is 5.32 Å². The molecular formula is C12H21NO3. The molecule has 0 unspecified atom stereocenters. The molecule has 16 heavy (non-hydrogen) atoms. The maximum absolute atomic E-state index is 11.4. The third-order valence-corrected chi connectivity index (χ3v) is 2.36. The molecule has 1 aliphatic rings. The third-order valence-electron chi connectivity index (χ3n) is 2.36. The molecule has 0 aromatic rings. The number of hydrogen-bond acceptors (Lipinski definition) is 3. The Morgan fingerprint density at radius 1 is 1.31 bits per heavy atom. The van der Waals surface area contributed by atoms with E-state index in [1.165, 1.54) is 12.8 Å². The Labute approximate surface area is 96.7 Å². The van der Waals surface area contributed by atoms with Crippen LogP contribution in [0.3, 0.4) is 0 Å². The van der Waals surface area contributed by atoms with Crippen molar-refractivity contribution in [3.05, 3.63) is 0 Å². The summed E-state index contributed by atoms with van der Waals surface area (Å²) >= 11 is 0. The summed E-state index contributed by atoms with van der Waals surface area (Å²) in [6, 6.07) is 0. The number of ketones is 1. The zero-order chi connectivity index (χ0) is 12.2. The van der Waals surface area contributed by atoms with Crippen molar-refractivity contribution in [1.82, 2.24) is 5.32 Å². The van der Waals surface area contributed by atoms with Crippen molar-refractivity contribution < 1.29 is 14.3 Å². The topological polar surface area (TPSA) is 55.4 Å². The predicted molar refractivity (Wildman–Crippen MR) is 61.2 cm³/mol. The fourth-order valence-electron chi connectivity index (χ4n) is 1.34. The maximum atomic E-state index is 11.4. The van der Waals surface area contributed by atoms with Crippen LogP contribution in [0.25, 0.3) is 0 Å². The molecule has 0 heterocycles. The third kappa shape index (κ3) is 6.43. The maximum Gasteiger partial charge on any atom is 0.408 e. The van der Waals surface area contributed by atoms with Gasteiger partial charge in [-0.3, -0.25) is 4.79 Å². The van der Waals surface area contributed by atoms with Crippen molar-refractivity contribution in [2.45, 2.75) is 52.1 Å². The first-order chi connectivity index (χ1) is 7.37. The Kier molecular flexibility index (Phi) is 4.33. The highest BCUT2D eigenvalue weighted by molar-refractivity contribution is 5.83. The van der Waals surface area contributed by atoms with E-state index in [1.54, 1.807) is 20.8 Å². The molecule has 1 aliphatic carbocycles. The van der Waals surface area contributed by atoms with Crippen LogP contribution in [-0.4, -0.2) is 24.0 Å². The fourth-order valence-corrected chi connectivity index (χ4v) is 1.34. The number of carbonyl (C=O) groups is 2. The lowest BCUT2D eigenvalue weighted by Crippen LogP contribution is -2.35. The van der Waals surface area contributed by atoms with Crippen LogP contribution in [0.2, 0.25) is 0 Å². The van der Waals surface area contributed by atoms with Gasteiger partial charge in [-0.2, -0.15) is 0 Å². The summed E-state index contributed by atoms with van der Waals surface area (Å²) in [5, 5.41) is 2.47. The molecule has 4 nitrogen and oxygen atoms in total. The van der Waals surface area contributed by atoms with E-state index < -0.39 is 11.7 Å². The zero-order valence-electron chi connectivity index (χ0n) is 10.3. The van der Waals surface area contributed by atoms with E-state index in [-0.39, 0.29) is 12.3 Å². The van der Waals surface area contributed by atoms with Crippen molar-refractivity contribution in [3.8, 4) is 0 Å². The zero-order valence-corrected chi connectivity index (χ0v) is 10.3. The number of nitrogens with one attached hydrogen (secondary N) is 1. The van der Waals surface area contributed by atoms with Crippen molar-refractivity contribution in [1.29, 1.82) is 0 Å². The second-order valence-electron chi connectivity index (χ2n) is 5.38. The van der Waals surface area contributed by atoms with Gasteiger partial charge in [0, 0.05) is 6.42 Å². The Balaban J connectivity index is 2.07. The number of hydrogen-bond donors (Lipinski definition) is 1. The van der Waals surface area contributed by atoms with E-state index in [0.29, 0.717) is 6.42 Å². The van der Waals surface area contributed by atoms with Crippen LogP contribution in [0.15, 0.2) is 0 Å². The molecule has 1 rings (SSSR count). The van der Waals surface area contributed by atoms with Crippen molar-refractivity contribution in [2.24, 2.45) is 5.92 Å². The van der Waals surface area contributed by atoms with Crippen LogP contribution >= 0.6 is 0 Å². The van der Waals surface area contributed by atoms with E-state index >= 15 is 0 Å². The highest BCUT2D eigenvalue weighted by atomic mass is 16.6. The lowest BCUT2D eigenvalue weighted by Gasteiger charge is -2.19. The van der Waals surface area contributed by atoms with Crippen molar-refractivity contribution >= 4 is 11.9 Å². The lowest BCUT2D eigenvalue weighted by molar-refractivity contribution is -0.118. The smallest absolute Gasteiger partial charge is 0.408 e. The van der Waals surface area contributed by atoms with Crippen molar-refractivity contribution in [3.63, 3.8) is 0 Å². The summed E-state index contributed by atoms with van der Waals surface area (Å²) in [7, 11) is 0. The molecule has 1 N–H and O–H groups in total. The molecule has 0 atom stereocenters. The van der Waals surface area contributed by atoms with Crippen molar-refractivity contribution in [2.75, 3.05) is 6.54 Å². The molecule has 1 fully saturated rings. The van der Waals surface area contributed by atoms with E-state index in [2.05, 4.69) is 5.32 Å². The molecule has 0 radical (unpaired) electrons. The average Bonchev–Trinajstić information content (AvgIpc) is 2.92. The van der Waals surface area contributed by atoms with Crippen LogP contribution in [0.4, 0.5) is 4.79 Å². The molecule has 0 spiro atoms. The summed E-state index contributed by atoms with van der Waals surface area (Å²) in [5.74, 6) is 0.836. The summed E-state index contributed by atoms with van der Waals surface area (Å²) in [4.78, 5) is 22.6. The summed E-state index contributed by atoms with van der Waals surface area (Å²) in [5.41, 5.74) is -0.513. The van der Waals surface area contributed by atoms with Gasteiger partial charge in [0.2, 0.25) is 0 Å². The van der Waals surface area contributed by atoms with Gasteiger partial charge in [0.05, 0.1) is 6.54 Å². The quantitative estimate of drug-likeness (QED) is 0.783. The van der Waals surface area contributed by atoms with Gasteiger partial charge in [-0.15, -0.1) is 0 Å². The van der Waals surface area contributed by atoms with Gasteiger partial charge in [-0.25, -0.2) is 4.79 Å². The second kappa shape index (κ2) is 5.32. The highest BCUT2D eigenvalue weighted by Gasteiger charge is 2.22. The van der Waals surface area contributed by atoms with Gasteiger partial charge in [0.1, 0.15) is 5.60 Å². The van der Waals surface area contributed by atoms with Gasteiger partial charge < -0.3 is 10.1 Å². The summed E-state index contributed by atoms with van der Waals surface area (Å²) < 4.78 is 5.02. The molecule has 1 amide bonds. The van der Waals surface area contributed by atoms with Crippen LogP contribution in [-0.2, 0) is 9.53 Å². The normalized spacial score (nSPS) is 15.7. The first-order valence-electron chi connectivity index (χ1n) is 5.85. The first kappa shape index (κ1) is 13.0. The Hall–Kier alpha value is -1.06. The first-order valence-corrected chi connectivity index (χ1v) is 5.85. The van der Waals surface area contributed by atoms with E-state index in [9.17, 15) is 9.59 Å².